The number of nitrogens with two attached hydrogens (primary N) is 1. The van der Waals surface area contributed by atoms with Gasteiger partial charge in [-0.2, -0.15) is 0 Å². The van der Waals surface area contributed by atoms with Crippen molar-refractivity contribution < 1.29 is 19.2 Å². The Bertz CT molecular complexity index is 548. The molecule has 0 aliphatic heterocycles. The highest BCUT2D eigenvalue weighted by atomic mass is 19.1. The Labute approximate surface area is 121 Å². The van der Waals surface area contributed by atoms with E-state index in [0.717, 1.165) is 6.07 Å². The van der Waals surface area contributed by atoms with Gasteiger partial charge >= 0.3 is 0 Å². The van der Waals surface area contributed by atoms with Crippen LogP contribution in [0.5, 0.6) is 0 Å². The Kier molecular flexibility index (Phi) is 5.60. The van der Waals surface area contributed by atoms with Gasteiger partial charge in [0.25, 0.3) is 11.6 Å². The summed E-state index contributed by atoms with van der Waals surface area (Å²) in [6, 6.07) is 1.35. The summed E-state index contributed by atoms with van der Waals surface area (Å²) in [5.41, 5.74) is 4.38. The first-order valence-electron chi connectivity index (χ1n) is 6.44. The third-order valence-corrected chi connectivity index (χ3v) is 2.99. The fraction of sp³-hybridized carbons (Fsp3) is 0.462. The number of aliphatic hydroxyl groups excluding tert-OH is 1. The van der Waals surface area contributed by atoms with E-state index in [1.807, 2.05) is 0 Å². The SMILES string of the molecule is CC(C)N(CCCO)C(=O)c1cc(F)cc([N+](=O)[O-])c1N. The molecule has 0 aliphatic carbocycles. The molecule has 8 heteroatoms. The first-order chi connectivity index (χ1) is 9.79. The van der Waals surface area contributed by atoms with E-state index < -0.39 is 22.3 Å². The van der Waals surface area contributed by atoms with E-state index in [-0.39, 0.29) is 30.4 Å². The summed E-state index contributed by atoms with van der Waals surface area (Å²) in [6.07, 6.45) is 0.348. The van der Waals surface area contributed by atoms with E-state index in [4.69, 9.17) is 10.8 Å². The minimum absolute atomic E-state index is 0.102. The van der Waals surface area contributed by atoms with Crippen LogP contribution in [0, 0.1) is 15.9 Å². The van der Waals surface area contributed by atoms with Gasteiger partial charge in [0.2, 0.25) is 0 Å². The van der Waals surface area contributed by atoms with Gasteiger partial charge in [-0.25, -0.2) is 4.39 Å². The molecule has 1 aromatic carbocycles. The number of nitrogens with zero attached hydrogens (tertiary/aromatic N) is 2. The summed E-state index contributed by atoms with van der Waals surface area (Å²) in [5, 5.41) is 19.7. The van der Waals surface area contributed by atoms with Gasteiger partial charge in [-0.1, -0.05) is 0 Å². The fourth-order valence-corrected chi connectivity index (χ4v) is 1.92. The summed E-state index contributed by atoms with van der Waals surface area (Å²) < 4.78 is 13.5. The molecule has 0 saturated heterocycles. The molecule has 0 unspecified atom stereocenters. The molecule has 0 heterocycles. The van der Waals surface area contributed by atoms with Gasteiger partial charge in [0, 0.05) is 19.2 Å². The zero-order valence-electron chi connectivity index (χ0n) is 11.9. The van der Waals surface area contributed by atoms with E-state index in [1.165, 1.54) is 4.90 Å². The topological polar surface area (TPSA) is 110 Å². The van der Waals surface area contributed by atoms with Crippen LogP contribution in [0.3, 0.4) is 0 Å². The Morgan fingerprint density at radius 3 is 2.62 bits per heavy atom. The number of carbonyl (C=O) groups is 1. The summed E-state index contributed by atoms with van der Waals surface area (Å²) in [7, 11) is 0. The molecule has 1 rings (SSSR count). The molecule has 0 spiro atoms. The van der Waals surface area contributed by atoms with Crippen molar-refractivity contribution in [3.05, 3.63) is 33.6 Å². The standard InChI is InChI=1S/C13H18FN3O4/c1-8(2)16(4-3-5-18)13(19)10-6-9(14)7-11(12(10)15)17(20)21/h6-8,18H,3-5,15H2,1-2H3. The molecular formula is C13H18FN3O4. The van der Waals surface area contributed by atoms with Crippen molar-refractivity contribution in [2.75, 3.05) is 18.9 Å². The Hall–Kier alpha value is -2.22. The Balaban J connectivity index is 3.24. The maximum Gasteiger partial charge on any atom is 0.295 e. The highest BCUT2D eigenvalue weighted by Crippen LogP contribution is 2.28. The molecule has 3 N–H and O–H groups in total. The monoisotopic (exact) mass is 299 g/mol. The van der Waals surface area contributed by atoms with E-state index in [2.05, 4.69) is 0 Å². The van der Waals surface area contributed by atoms with E-state index in [0.29, 0.717) is 12.5 Å². The third kappa shape index (κ3) is 3.88. The molecule has 0 aliphatic rings. The molecule has 0 saturated carbocycles. The van der Waals surface area contributed by atoms with Crippen LogP contribution in [0.1, 0.15) is 30.6 Å². The molecule has 7 nitrogen and oxygen atoms in total. The molecule has 21 heavy (non-hydrogen) atoms. The van der Waals surface area contributed by atoms with Gasteiger partial charge < -0.3 is 15.7 Å². The number of hydrogen-bond acceptors (Lipinski definition) is 5. The van der Waals surface area contributed by atoms with Crippen molar-refractivity contribution in [3.8, 4) is 0 Å². The fourth-order valence-electron chi connectivity index (χ4n) is 1.92. The van der Waals surface area contributed by atoms with Crippen molar-refractivity contribution in [2.45, 2.75) is 26.3 Å². The van der Waals surface area contributed by atoms with Crippen molar-refractivity contribution in [3.63, 3.8) is 0 Å². The lowest BCUT2D eigenvalue weighted by Gasteiger charge is -2.27. The van der Waals surface area contributed by atoms with Gasteiger partial charge in [-0.15, -0.1) is 0 Å². The number of carbonyl (C=O) groups excluding carboxylic acids is 1. The number of hydrogen-bond donors (Lipinski definition) is 2. The lowest BCUT2D eigenvalue weighted by molar-refractivity contribution is -0.384. The maximum absolute atomic E-state index is 13.5. The second kappa shape index (κ2) is 6.98. The number of halogens is 1. The normalized spacial score (nSPS) is 10.7. The lowest BCUT2D eigenvalue weighted by atomic mass is 10.1. The number of benzene rings is 1. The van der Waals surface area contributed by atoms with Crippen LogP contribution in [-0.4, -0.2) is 40.0 Å². The first kappa shape index (κ1) is 16.8. The molecule has 0 bridgehead atoms. The van der Waals surface area contributed by atoms with Crippen LogP contribution < -0.4 is 5.73 Å². The van der Waals surface area contributed by atoms with E-state index in [9.17, 15) is 19.3 Å². The van der Waals surface area contributed by atoms with Crippen LogP contribution in [0.4, 0.5) is 15.8 Å². The number of rotatable bonds is 6. The third-order valence-electron chi connectivity index (χ3n) is 2.99. The van der Waals surface area contributed by atoms with Gasteiger partial charge in [0.1, 0.15) is 11.5 Å². The highest BCUT2D eigenvalue weighted by molar-refractivity contribution is 6.01. The quantitative estimate of drug-likeness (QED) is 0.470. The van der Waals surface area contributed by atoms with Crippen molar-refractivity contribution in [2.24, 2.45) is 0 Å². The maximum atomic E-state index is 13.5. The summed E-state index contributed by atoms with van der Waals surface area (Å²) in [5.74, 6) is -1.50. The first-order valence-corrected chi connectivity index (χ1v) is 6.44. The van der Waals surface area contributed by atoms with Crippen molar-refractivity contribution >= 4 is 17.3 Å². The number of amides is 1. The summed E-state index contributed by atoms with van der Waals surface area (Å²) >= 11 is 0. The van der Waals surface area contributed by atoms with Crippen LogP contribution >= 0.6 is 0 Å². The Morgan fingerprint density at radius 2 is 2.14 bits per heavy atom. The van der Waals surface area contributed by atoms with E-state index >= 15 is 0 Å². The average molecular weight is 299 g/mol. The second-order valence-electron chi connectivity index (χ2n) is 4.81. The molecule has 0 fully saturated rings. The van der Waals surface area contributed by atoms with Gasteiger partial charge in [0.05, 0.1) is 16.6 Å². The zero-order chi connectivity index (χ0) is 16.2. The molecule has 1 amide bonds. The van der Waals surface area contributed by atoms with Crippen LogP contribution in [0.2, 0.25) is 0 Å². The van der Waals surface area contributed by atoms with Gasteiger partial charge in [-0.3, -0.25) is 14.9 Å². The zero-order valence-corrected chi connectivity index (χ0v) is 11.9. The number of nitro benzene ring substituents is 1. The highest BCUT2D eigenvalue weighted by Gasteiger charge is 2.26. The number of nitrogen functional groups attached to an aromatic ring is 1. The molecule has 0 atom stereocenters. The summed E-state index contributed by atoms with van der Waals surface area (Å²) in [4.78, 5) is 23.8. The minimum Gasteiger partial charge on any atom is -0.396 e. The van der Waals surface area contributed by atoms with Crippen LogP contribution in [0.15, 0.2) is 12.1 Å². The van der Waals surface area contributed by atoms with Gasteiger partial charge in [0.15, 0.2) is 0 Å². The van der Waals surface area contributed by atoms with Crippen molar-refractivity contribution in [1.82, 2.24) is 4.90 Å². The number of aliphatic hydroxyl groups is 1. The predicted molar refractivity (Wildman–Crippen MR) is 75.3 cm³/mol. The molecule has 116 valence electrons. The van der Waals surface area contributed by atoms with E-state index in [1.54, 1.807) is 13.8 Å². The number of anilines is 1. The second-order valence-corrected chi connectivity index (χ2v) is 4.81. The lowest BCUT2D eigenvalue weighted by Crippen LogP contribution is -2.38. The van der Waals surface area contributed by atoms with Crippen LogP contribution in [0.25, 0.3) is 0 Å². The predicted octanol–water partition coefficient (Wildman–Crippen LogP) is 1.55. The molecule has 0 aromatic heterocycles. The minimum atomic E-state index is -0.898. The molecule has 1 aromatic rings. The average Bonchev–Trinajstić information content (AvgIpc) is 2.40. The molecular weight excluding hydrogens is 281 g/mol. The number of nitro groups is 1. The van der Waals surface area contributed by atoms with Gasteiger partial charge in [-0.05, 0) is 26.3 Å². The summed E-state index contributed by atoms with van der Waals surface area (Å²) in [6.45, 7) is 3.64. The Morgan fingerprint density at radius 1 is 1.52 bits per heavy atom. The smallest absolute Gasteiger partial charge is 0.295 e. The largest absolute Gasteiger partial charge is 0.396 e. The molecule has 0 radical (unpaired) electrons. The van der Waals surface area contributed by atoms with Crippen LogP contribution in [-0.2, 0) is 0 Å². The van der Waals surface area contributed by atoms with Crippen molar-refractivity contribution in [1.29, 1.82) is 0 Å².